The van der Waals surface area contributed by atoms with E-state index in [9.17, 15) is 17.6 Å². The molecule has 0 unspecified atom stereocenters. The minimum Gasteiger partial charge on any atom is -0.207 e. The Morgan fingerprint density at radius 1 is 1.17 bits per heavy atom. The van der Waals surface area contributed by atoms with Crippen LogP contribution in [0.3, 0.4) is 0 Å². The predicted molar refractivity (Wildman–Crippen MR) is 36.8 cm³/mol. The molecule has 1 rings (SSSR count). The molecule has 0 fully saturated rings. The van der Waals surface area contributed by atoms with Crippen LogP contribution in [0.5, 0.6) is 0 Å². The molecule has 0 heterocycles. The molecule has 0 aliphatic rings. The van der Waals surface area contributed by atoms with Crippen molar-refractivity contribution in [3.8, 4) is 0 Å². The summed E-state index contributed by atoms with van der Waals surface area (Å²) in [5.41, 5.74) is -1.83. The standard InChI is InChI=1S/C7H3BF4/c8-5-3-1-2-4(6(5)9)7(10,11)12/h1-3H. The second-order valence-electron chi connectivity index (χ2n) is 2.21. The summed E-state index contributed by atoms with van der Waals surface area (Å²) in [5.74, 6) is -1.41. The highest BCUT2D eigenvalue weighted by Gasteiger charge is 2.33. The van der Waals surface area contributed by atoms with Gasteiger partial charge in [0.1, 0.15) is 13.7 Å². The van der Waals surface area contributed by atoms with Crippen LogP contribution in [-0.4, -0.2) is 7.85 Å². The molecule has 0 spiro atoms. The van der Waals surface area contributed by atoms with Crippen molar-refractivity contribution in [2.45, 2.75) is 6.18 Å². The number of hydrogen-bond donors (Lipinski definition) is 0. The third kappa shape index (κ3) is 1.60. The summed E-state index contributed by atoms with van der Waals surface area (Å²) in [6.45, 7) is 0. The molecule has 1 aromatic carbocycles. The Morgan fingerprint density at radius 3 is 2.17 bits per heavy atom. The average molecular weight is 174 g/mol. The Hall–Kier alpha value is -0.995. The summed E-state index contributed by atoms with van der Waals surface area (Å²) in [6, 6.07) is 2.78. The monoisotopic (exact) mass is 174 g/mol. The Labute approximate surface area is 67.6 Å². The number of hydrogen-bond acceptors (Lipinski definition) is 0. The molecular formula is C7H3BF4. The van der Waals surface area contributed by atoms with E-state index in [1.54, 1.807) is 0 Å². The number of rotatable bonds is 0. The van der Waals surface area contributed by atoms with Crippen LogP contribution in [-0.2, 0) is 6.18 Å². The first kappa shape index (κ1) is 9.10. The fourth-order valence-corrected chi connectivity index (χ4v) is 0.769. The first-order valence-corrected chi connectivity index (χ1v) is 3.04. The molecule has 5 heteroatoms. The van der Waals surface area contributed by atoms with Gasteiger partial charge in [-0.2, -0.15) is 13.2 Å². The maximum atomic E-state index is 12.7. The average Bonchev–Trinajstić information content (AvgIpc) is 1.92. The highest BCUT2D eigenvalue weighted by atomic mass is 19.4. The summed E-state index contributed by atoms with van der Waals surface area (Å²) in [5, 5.41) is 0. The van der Waals surface area contributed by atoms with E-state index < -0.39 is 23.0 Å². The molecule has 12 heavy (non-hydrogen) atoms. The van der Waals surface area contributed by atoms with Crippen LogP contribution in [0.2, 0.25) is 0 Å². The zero-order valence-corrected chi connectivity index (χ0v) is 5.82. The highest BCUT2D eigenvalue weighted by molar-refractivity contribution is 6.32. The molecule has 0 bridgehead atoms. The number of halogens is 4. The zero-order valence-electron chi connectivity index (χ0n) is 5.82. The third-order valence-electron chi connectivity index (χ3n) is 1.33. The van der Waals surface area contributed by atoms with Crippen molar-refractivity contribution < 1.29 is 17.6 Å². The maximum absolute atomic E-state index is 12.7. The summed E-state index contributed by atoms with van der Waals surface area (Å²) in [6.07, 6.45) is -4.68. The molecule has 2 radical (unpaired) electrons. The Kier molecular flexibility index (Phi) is 2.13. The van der Waals surface area contributed by atoms with E-state index in [4.69, 9.17) is 7.85 Å². The van der Waals surface area contributed by atoms with Crippen LogP contribution in [0.25, 0.3) is 0 Å². The lowest BCUT2D eigenvalue weighted by Gasteiger charge is -2.08. The van der Waals surface area contributed by atoms with Gasteiger partial charge in [0.25, 0.3) is 0 Å². The molecule has 0 nitrogen and oxygen atoms in total. The number of benzene rings is 1. The van der Waals surface area contributed by atoms with Crippen molar-refractivity contribution in [3.63, 3.8) is 0 Å². The molecule has 0 N–H and O–H groups in total. The van der Waals surface area contributed by atoms with E-state index in [-0.39, 0.29) is 0 Å². The fourth-order valence-electron chi connectivity index (χ4n) is 0.769. The van der Waals surface area contributed by atoms with Gasteiger partial charge in [-0.3, -0.25) is 0 Å². The second kappa shape index (κ2) is 2.81. The van der Waals surface area contributed by atoms with Crippen molar-refractivity contribution >= 4 is 13.3 Å². The Bertz CT molecular complexity index is 292. The largest absolute Gasteiger partial charge is 0.419 e. The van der Waals surface area contributed by atoms with Gasteiger partial charge in [-0.05, 0) is 6.07 Å². The van der Waals surface area contributed by atoms with Gasteiger partial charge in [0, 0.05) is 0 Å². The Balaban J connectivity index is 3.26. The van der Waals surface area contributed by atoms with E-state index in [0.29, 0.717) is 6.07 Å². The summed E-state index contributed by atoms with van der Waals surface area (Å²) in [4.78, 5) is 0. The first-order chi connectivity index (χ1) is 5.43. The summed E-state index contributed by atoms with van der Waals surface area (Å²) >= 11 is 0. The minimum absolute atomic E-state index is 0.496. The van der Waals surface area contributed by atoms with Gasteiger partial charge >= 0.3 is 6.18 Å². The van der Waals surface area contributed by atoms with E-state index in [1.807, 2.05) is 0 Å². The molecular weight excluding hydrogens is 171 g/mol. The molecule has 0 aromatic heterocycles. The van der Waals surface area contributed by atoms with E-state index in [0.717, 1.165) is 12.1 Å². The molecule has 0 saturated heterocycles. The topological polar surface area (TPSA) is 0 Å². The molecule has 62 valence electrons. The molecule has 0 amide bonds. The molecule has 0 aliphatic heterocycles. The second-order valence-corrected chi connectivity index (χ2v) is 2.21. The maximum Gasteiger partial charge on any atom is 0.419 e. The summed E-state index contributed by atoms with van der Waals surface area (Å²) < 4.78 is 48.5. The molecule has 1 aromatic rings. The van der Waals surface area contributed by atoms with E-state index >= 15 is 0 Å². The molecule has 0 aliphatic carbocycles. The van der Waals surface area contributed by atoms with Gasteiger partial charge in [0.15, 0.2) is 0 Å². The van der Waals surface area contributed by atoms with Crippen LogP contribution >= 0.6 is 0 Å². The van der Waals surface area contributed by atoms with Crippen LogP contribution in [0.15, 0.2) is 18.2 Å². The van der Waals surface area contributed by atoms with Crippen molar-refractivity contribution in [2.75, 3.05) is 0 Å². The predicted octanol–water partition coefficient (Wildman–Crippen LogP) is 1.64. The smallest absolute Gasteiger partial charge is 0.207 e. The van der Waals surface area contributed by atoms with Gasteiger partial charge in [-0.1, -0.05) is 17.6 Å². The lowest BCUT2D eigenvalue weighted by molar-refractivity contribution is -0.139. The highest BCUT2D eigenvalue weighted by Crippen LogP contribution is 2.30. The van der Waals surface area contributed by atoms with Gasteiger partial charge in [0.2, 0.25) is 0 Å². The van der Waals surface area contributed by atoms with Gasteiger partial charge in [-0.25, -0.2) is 4.39 Å². The normalized spacial score (nSPS) is 11.7. The lowest BCUT2D eigenvalue weighted by atomic mass is 9.93. The summed E-state index contributed by atoms with van der Waals surface area (Å²) in [7, 11) is 4.94. The van der Waals surface area contributed by atoms with Crippen molar-refractivity contribution in [1.82, 2.24) is 0 Å². The van der Waals surface area contributed by atoms with Crippen LogP contribution < -0.4 is 5.46 Å². The molecule has 0 atom stereocenters. The SMILES string of the molecule is [B]c1cccc(C(F)(F)F)c1F. The van der Waals surface area contributed by atoms with Gasteiger partial charge in [-0.15, -0.1) is 0 Å². The number of alkyl halides is 3. The quantitative estimate of drug-likeness (QED) is 0.414. The van der Waals surface area contributed by atoms with Crippen molar-refractivity contribution in [3.05, 3.63) is 29.6 Å². The van der Waals surface area contributed by atoms with E-state index in [2.05, 4.69) is 0 Å². The first-order valence-electron chi connectivity index (χ1n) is 3.04. The van der Waals surface area contributed by atoms with Crippen molar-refractivity contribution in [2.24, 2.45) is 0 Å². The zero-order chi connectivity index (χ0) is 9.35. The molecule has 0 saturated carbocycles. The lowest BCUT2D eigenvalue weighted by Crippen LogP contribution is -2.17. The third-order valence-corrected chi connectivity index (χ3v) is 1.33. The van der Waals surface area contributed by atoms with Crippen LogP contribution in [0.4, 0.5) is 17.6 Å². The van der Waals surface area contributed by atoms with Gasteiger partial charge < -0.3 is 0 Å². The fraction of sp³-hybridized carbons (Fsp3) is 0.143. The van der Waals surface area contributed by atoms with Crippen molar-refractivity contribution in [1.29, 1.82) is 0 Å². The van der Waals surface area contributed by atoms with Crippen LogP contribution in [0, 0.1) is 5.82 Å². The van der Waals surface area contributed by atoms with Gasteiger partial charge in [0.05, 0.1) is 5.56 Å². The van der Waals surface area contributed by atoms with E-state index in [1.165, 1.54) is 0 Å². The Morgan fingerprint density at radius 2 is 1.75 bits per heavy atom. The van der Waals surface area contributed by atoms with Crippen LogP contribution in [0.1, 0.15) is 5.56 Å². The minimum atomic E-state index is -4.68.